The number of nitrogens with zero attached hydrogens (tertiary/aromatic N) is 2. The maximum absolute atomic E-state index is 12.2. The number of thiazole rings is 1. The summed E-state index contributed by atoms with van der Waals surface area (Å²) in [5.74, 6) is 0.118. The van der Waals surface area contributed by atoms with Gasteiger partial charge < -0.3 is 10.3 Å². The average Bonchev–Trinajstić information content (AvgIpc) is 2.81. The lowest BCUT2D eigenvalue weighted by atomic mass is 10.3. The third-order valence-corrected chi connectivity index (χ3v) is 3.25. The lowest BCUT2D eigenvalue weighted by Gasteiger charge is -2.04. The molecule has 0 aromatic carbocycles. The number of pyridine rings is 1. The standard InChI is InChI=1S/C13H14N4O2S/c1-7(2)16-11-10(20-6-15-11)13(19)17-9-4-8(3)12(18)14-5-9/h4-6H,1-3H3,(H,14,18)(H,17,19). The zero-order chi connectivity index (χ0) is 14.7. The predicted molar refractivity (Wildman–Crippen MR) is 80.3 cm³/mol. The maximum Gasteiger partial charge on any atom is 0.269 e. The summed E-state index contributed by atoms with van der Waals surface area (Å²) in [7, 11) is 0. The first-order chi connectivity index (χ1) is 9.47. The van der Waals surface area contributed by atoms with Gasteiger partial charge in [0, 0.05) is 17.5 Å². The molecule has 0 unspecified atom stereocenters. The minimum Gasteiger partial charge on any atom is -0.327 e. The number of nitrogens with one attached hydrogen (secondary N) is 2. The van der Waals surface area contributed by atoms with Crippen molar-refractivity contribution in [2.45, 2.75) is 20.8 Å². The van der Waals surface area contributed by atoms with Gasteiger partial charge in [0.05, 0.1) is 11.2 Å². The molecule has 104 valence electrons. The van der Waals surface area contributed by atoms with E-state index in [-0.39, 0.29) is 11.5 Å². The second-order valence-corrected chi connectivity index (χ2v) is 5.27. The molecule has 2 aromatic rings. The van der Waals surface area contributed by atoms with Crippen LogP contribution in [-0.4, -0.2) is 21.6 Å². The van der Waals surface area contributed by atoms with E-state index in [0.717, 1.165) is 5.71 Å². The lowest BCUT2D eigenvalue weighted by molar-refractivity contribution is 0.103. The Morgan fingerprint density at radius 1 is 1.45 bits per heavy atom. The molecule has 0 aliphatic carbocycles. The van der Waals surface area contributed by atoms with Crippen molar-refractivity contribution < 1.29 is 4.79 Å². The van der Waals surface area contributed by atoms with E-state index in [1.807, 2.05) is 13.8 Å². The van der Waals surface area contributed by atoms with E-state index in [4.69, 9.17) is 0 Å². The van der Waals surface area contributed by atoms with Gasteiger partial charge in [-0.05, 0) is 26.8 Å². The topological polar surface area (TPSA) is 87.2 Å². The van der Waals surface area contributed by atoms with Crippen LogP contribution in [0.5, 0.6) is 0 Å². The van der Waals surface area contributed by atoms with Gasteiger partial charge >= 0.3 is 0 Å². The van der Waals surface area contributed by atoms with Crippen molar-refractivity contribution in [1.82, 2.24) is 9.97 Å². The smallest absolute Gasteiger partial charge is 0.269 e. The highest BCUT2D eigenvalue weighted by Gasteiger charge is 2.14. The predicted octanol–water partition coefficient (Wildman–Crippen LogP) is 2.50. The van der Waals surface area contributed by atoms with Gasteiger partial charge in [0.1, 0.15) is 4.88 Å². The Morgan fingerprint density at radius 2 is 2.20 bits per heavy atom. The molecule has 0 saturated heterocycles. The number of amides is 1. The van der Waals surface area contributed by atoms with E-state index >= 15 is 0 Å². The molecular weight excluding hydrogens is 276 g/mol. The van der Waals surface area contributed by atoms with E-state index in [9.17, 15) is 9.59 Å². The fourth-order valence-electron chi connectivity index (χ4n) is 1.54. The van der Waals surface area contributed by atoms with E-state index in [2.05, 4.69) is 20.3 Å². The number of carbonyl (C=O) groups excluding carboxylic acids is 1. The Hall–Kier alpha value is -2.28. The summed E-state index contributed by atoms with van der Waals surface area (Å²) in [5.41, 5.74) is 3.30. The highest BCUT2D eigenvalue weighted by Crippen LogP contribution is 2.23. The van der Waals surface area contributed by atoms with Crippen LogP contribution in [0.25, 0.3) is 0 Å². The van der Waals surface area contributed by atoms with Gasteiger partial charge in [-0.25, -0.2) is 9.98 Å². The van der Waals surface area contributed by atoms with Crippen LogP contribution in [0.1, 0.15) is 29.1 Å². The highest BCUT2D eigenvalue weighted by atomic mass is 32.1. The average molecular weight is 290 g/mol. The summed E-state index contributed by atoms with van der Waals surface area (Å²) < 4.78 is 0. The molecule has 0 saturated carbocycles. The molecular formula is C13H14N4O2S. The van der Waals surface area contributed by atoms with Crippen molar-refractivity contribution in [2.24, 2.45) is 4.99 Å². The number of hydrogen-bond acceptors (Lipinski definition) is 5. The van der Waals surface area contributed by atoms with Gasteiger partial charge in [-0.3, -0.25) is 9.59 Å². The Bertz CT molecular complexity index is 726. The molecule has 0 spiro atoms. The summed E-state index contributed by atoms with van der Waals surface area (Å²) in [6.07, 6.45) is 1.46. The summed E-state index contributed by atoms with van der Waals surface area (Å²) in [6, 6.07) is 1.62. The molecule has 0 radical (unpaired) electrons. The van der Waals surface area contributed by atoms with E-state index in [1.165, 1.54) is 17.5 Å². The Labute approximate surface area is 119 Å². The fraction of sp³-hybridized carbons (Fsp3) is 0.231. The molecule has 0 aliphatic rings. The fourth-order valence-corrected chi connectivity index (χ4v) is 2.16. The normalized spacial score (nSPS) is 10.2. The van der Waals surface area contributed by atoms with E-state index < -0.39 is 0 Å². The number of aromatic amines is 1. The number of aromatic nitrogens is 2. The largest absolute Gasteiger partial charge is 0.327 e. The molecule has 1 amide bonds. The van der Waals surface area contributed by atoms with Gasteiger partial charge in [0.25, 0.3) is 11.5 Å². The van der Waals surface area contributed by atoms with Crippen LogP contribution in [-0.2, 0) is 0 Å². The SMILES string of the molecule is CC(C)=Nc1ncsc1C(=O)Nc1c[nH]c(=O)c(C)c1. The first-order valence-corrected chi connectivity index (χ1v) is 6.81. The molecule has 0 atom stereocenters. The zero-order valence-electron chi connectivity index (χ0n) is 11.4. The van der Waals surface area contributed by atoms with Gasteiger partial charge in [-0.2, -0.15) is 0 Å². The summed E-state index contributed by atoms with van der Waals surface area (Å²) in [5, 5.41) is 2.72. The monoisotopic (exact) mass is 290 g/mol. The molecule has 2 N–H and O–H groups in total. The molecule has 2 heterocycles. The Balaban J connectivity index is 2.24. The maximum atomic E-state index is 12.2. The minimum absolute atomic E-state index is 0.173. The van der Waals surface area contributed by atoms with Crippen LogP contribution in [0.15, 0.2) is 27.6 Å². The van der Waals surface area contributed by atoms with Gasteiger partial charge in [-0.1, -0.05) is 0 Å². The molecule has 6 nitrogen and oxygen atoms in total. The van der Waals surface area contributed by atoms with Crippen LogP contribution in [0.4, 0.5) is 11.5 Å². The summed E-state index contributed by atoms with van der Waals surface area (Å²) in [6.45, 7) is 5.36. The van der Waals surface area contributed by atoms with Crippen LogP contribution in [0.3, 0.4) is 0 Å². The van der Waals surface area contributed by atoms with E-state index in [1.54, 1.807) is 18.5 Å². The third-order valence-electron chi connectivity index (χ3n) is 2.43. The number of carbonyl (C=O) groups is 1. The first-order valence-electron chi connectivity index (χ1n) is 5.93. The molecule has 7 heteroatoms. The van der Waals surface area contributed by atoms with Gasteiger partial charge in [0.15, 0.2) is 5.82 Å². The second kappa shape index (κ2) is 5.79. The highest BCUT2D eigenvalue weighted by molar-refractivity contribution is 7.12. The van der Waals surface area contributed by atoms with Crippen molar-refractivity contribution in [3.05, 3.63) is 38.6 Å². The number of anilines is 1. The van der Waals surface area contributed by atoms with Crippen molar-refractivity contribution in [3.63, 3.8) is 0 Å². The van der Waals surface area contributed by atoms with Crippen molar-refractivity contribution in [3.8, 4) is 0 Å². The van der Waals surface area contributed by atoms with Crippen LogP contribution < -0.4 is 10.9 Å². The molecule has 20 heavy (non-hydrogen) atoms. The van der Waals surface area contributed by atoms with Gasteiger partial charge in [-0.15, -0.1) is 11.3 Å². The van der Waals surface area contributed by atoms with Crippen LogP contribution in [0.2, 0.25) is 0 Å². The Morgan fingerprint density at radius 3 is 2.85 bits per heavy atom. The lowest BCUT2D eigenvalue weighted by Crippen LogP contribution is -2.14. The molecule has 2 aromatic heterocycles. The number of H-pyrrole nitrogens is 1. The van der Waals surface area contributed by atoms with Crippen LogP contribution >= 0.6 is 11.3 Å². The number of rotatable bonds is 3. The van der Waals surface area contributed by atoms with Crippen molar-refractivity contribution in [2.75, 3.05) is 5.32 Å². The second-order valence-electron chi connectivity index (χ2n) is 4.42. The minimum atomic E-state index is -0.293. The molecule has 0 bridgehead atoms. The number of aryl methyl sites for hydroxylation is 1. The Kier molecular flexibility index (Phi) is 4.09. The summed E-state index contributed by atoms with van der Waals surface area (Å²) in [4.78, 5) is 34.7. The first kappa shape index (κ1) is 14.1. The number of hydrogen-bond donors (Lipinski definition) is 2. The quantitative estimate of drug-likeness (QED) is 0.851. The van der Waals surface area contributed by atoms with E-state index in [0.29, 0.717) is 21.9 Å². The third kappa shape index (κ3) is 3.18. The van der Waals surface area contributed by atoms with Crippen molar-refractivity contribution >= 4 is 34.5 Å². The van der Waals surface area contributed by atoms with Crippen molar-refractivity contribution in [1.29, 1.82) is 0 Å². The number of aliphatic imine (C=N–C) groups is 1. The zero-order valence-corrected chi connectivity index (χ0v) is 12.2. The molecule has 2 rings (SSSR count). The van der Waals surface area contributed by atoms with Gasteiger partial charge in [0.2, 0.25) is 0 Å². The molecule has 0 fully saturated rings. The summed E-state index contributed by atoms with van der Waals surface area (Å²) >= 11 is 1.22. The molecule has 0 aliphatic heterocycles. The van der Waals surface area contributed by atoms with Crippen LogP contribution in [0, 0.1) is 6.92 Å².